The van der Waals surface area contributed by atoms with Gasteiger partial charge in [-0.2, -0.15) is 0 Å². The molecule has 56 heavy (non-hydrogen) atoms. The largest absolute Gasteiger partial charge is 0.481 e. The van der Waals surface area contributed by atoms with Gasteiger partial charge in [-0.05, 0) is 31.1 Å². The molecular weight excluding hydrogens is 746 g/mol. The first-order chi connectivity index (χ1) is 26.2. The molecule has 0 spiro atoms. The highest BCUT2D eigenvalue weighted by atomic mass is 16.4. The molecule has 8 amide bonds. The molecule has 1 saturated heterocycles. The molecule has 0 radical (unpaired) electrons. The third kappa shape index (κ3) is 15.0. The smallest absolute Gasteiger partial charge is 0.328 e. The Bertz CT molecular complexity index is 1460. The Morgan fingerprint density at radius 1 is 0.732 bits per heavy atom. The molecule has 23 heteroatoms. The fraction of sp³-hybridized carbons (Fsp3) is 0.697. The van der Waals surface area contributed by atoms with E-state index in [1.807, 2.05) is 0 Å². The summed E-state index contributed by atoms with van der Waals surface area (Å²) in [7, 11) is 0. The van der Waals surface area contributed by atoms with Gasteiger partial charge in [0.2, 0.25) is 47.3 Å². The van der Waals surface area contributed by atoms with E-state index in [-0.39, 0.29) is 32.2 Å². The van der Waals surface area contributed by atoms with Gasteiger partial charge in [0.25, 0.3) is 0 Å². The number of nitrogens with one attached hydrogen (secondary N) is 6. The molecule has 0 aromatic heterocycles. The van der Waals surface area contributed by atoms with Gasteiger partial charge in [0.05, 0.1) is 26.2 Å². The van der Waals surface area contributed by atoms with E-state index in [4.69, 9.17) is 16.6 Å². The van der Waals surface area contributed by atoms with Crippen LogP contribution in [0.25, 0.3) is 0 Å². The van der Waals surface area contributed by atoms with Gasteiger partial charge in [-0.1, -0.05) is 34.1 Å². The first-order valence-corrected chi connectivity index (χ1v) is 18.0. The third-order valence-corrected chi connectivity index (χ3v) is 9.00. The first-order valence-electron chi connectivity index (χ1n) is 18.0. The van der Waals surface area contributed by atoms with Crippen LogP contribution in [0.5, 0.6) is 0 Å². The second-order valence-corrected chi connectivity index (χ2v) is 13.6. The number of carboxylic acid groups (broad SMARTS) is 2. The summed E-state index contributed by atoms with van der Waals surface area (Å²) >= 11 is 0. The van der Waals surface area contributed by atoms with Crippen molar-refractivity contribution in [2.75, 3.05) is 26.3 Å². The van der Waals surface area contributed by atoms with Crippen LogP contribution in [0.1, 0.15) is 66.2 Å². The Morgan fingerprint density at radius 2 is 1.29 bits per heavy atom. The minimum atomic E-state index is -1.75. The van der Waals surface area contributed by atoms with Gasteiger partial charge in [0, 0.05) is 13.0 Å². The summed E-state index contributed by atoms with van der Waals surface area (Å²) in [5.74, 6) is -11.6. The van der Waals surface area contributed by atoms with Crippen LogP contribution in [0.3, 0.4) is 0 Å². The normalized spacial score (nSPS) is 17.5. The zero-order valence-corrected chi connectivity index (χ0v) is 31.7. The number of nitrogens with two attached hydrogens (primary N) is 2. The topological polar surface area (TPSA) is 379 Å². The Hall–Kier alpha value is -5.42. The van der Waals surface area contributed by atoms with E-state index in [1.165, 1.54) is 13.8 Å². The average Bonchev–Trinajstić information content (AvgIpc) is 3.64. The first kappa shape index (κ1) is 48.6. The number of aliphatic carboxylic acids is 2. The van der Waals surface area contributed by atoms with Crippen molar-refractivity contribution in [3.8, 4) is 0 Å². The van der Waals surface area contributed by atoms with Gasteiger partial charge in [0.15, 0.2) is 0 Å². The van der Waals surface area contributed by atoms with Crippen molar-refractivity contribution in [2.24, 2.45) is 23.3 Å². The molecule has 1 fully saturated rings. The van der Waals surface area contributed by atoms with E-state index in [0.717, 1.165) is 4.90 Å². The van der Waals surface area contributed by atoms with Crippen LogP contribution >= 0.6 is 0 Å². The number of likely N-dealkylation sites (tertiary alicyclic amines) is 1. The summed E-state index contributed by atoms with van der Waals surface area (Å²) in [4.78, 5) is 127. The van der Waals surface area contributed by atoms with Crippen LogP contribution in [0.2, 0.25) is 0 Å². The van der Waals surface area contributed by atoms with Crippen molar-refractivity contribution < 1.29 is 68.4 Å². The molecule has 8 atom stereocenters. The summed E-state index contributed by atoms with van der Waals surface area (Å²) in [6.07, 6.45) is -0.895. The van der Waals surface area contributed by atoms with E-state index >= 15 is 0 Å². The molecular formula is C33H55N9O14. The number of carboxylic acids is 2. The molecule has 1 heterocycles. The fourth-order valence-corrected chi connectivity index (χ4v) is 5.60. The highest BCUT2D eigenvalue weighted by Gasteiger charge is 2.41. The van der Waals surface area contributed by atoms with Crippen LogP contribution in [0, 0.1) is 11.8 Å². The molecule has 1 rings (SSSR count). The molecule has 0 aliphatic carbocycles. The monoisotopic (exact) mass is 801 g/mol. The van der Waals surface area contributed by atoms with Crippen molar-refractivity contribution in [3.63, 3.8) is 0 Å². The number of hydrogen-bond acceptors (Lipinski definition) is 13. The maximum atomic E-state index is 13.8. The lowest BCUT2D eigenvalue weighted by molar-refractivity contribution is -0.146. The molecule has 0 bridgehead atoms. The van der Waals surface area contributed by atoms with Crippen molar-refractivity contribution in [3.05, 3.63) is 0 Å². The zero-order chi connectivity index (χ0) is 42.9. The van der Waals surface area contributed by atoms with E-state index in [2.05, 4.69) is 31.9 Å². The Morgan fingerprint density at radius 3 is 1.79 bits per heavy atom. The molecule has 1 aliphatic rings. The van der Waals surface area contributed by atoms with Gasteiger partial charge < -0.3 is 68.7 Å². The number of carbonyl (C=O) groups excluding carboxylic acids is 8. The predicted molar refractivity (Wildman–Crippen MR) is 192 cm³/mol. The molecule has 0 unspecified atom stereocenters. The van der Waals surface area contributed by atoms with Crippen molar-refractivity contribution in [1.82, 2.24) is 36.8 Å². The molecule has 0 aromatic carbocycles. The molecule has 316 valence electrons. The lowest BCUT2D eigenvalue weighted by Crippen LogP contribution is -2.61. The highest BCUT2D eigenvalue weighted by molar-refractivity contribution is 5.98. The van der Waals surface area contributed by atoms with Crippen LogP contribution < -0.4 is 43.4 Å². The van der Waals surface area contributed by atoms with Crippen LogP contribution in [-0.4, -0.2) is 153 Å². The van der Waals surface area contributed by atoms with Gasteiger partial charge in [-0.25, -0.2) is 4.79 Å². The standard InChI is InChI=1S/C33H55N9O14/c1-5-16(4)26(41-27(49)17(8-9-22(35)45)36-23(46)12-34)31(53)37-18(11-24(47)48)32(54)42-10-6-7-21(42)29(51)38-19(13-43)28(50)40-25(15(2)3)30(52)39-20(14-44)33(55)56/h15-21,25-26,43-44H,5-14,34H2,1-4H3,(H2,35,45)(H,36,46)(H,37,53)(H,38,51)(H,39,52)(H,40,50)(H,41,49)(H,47,48)(H,55,56)/t16-,17-,18-,19-,20-,21-,25-,26-/m0/s1. The minimum Gasteiger partial charge on any atom is -0.481 e. The maximum Gasteiger partial charge on any atom is 0.328 e. The molecule has 0 saturated carbocycles. The number of carbonyl (C=O) groups is 10. The number of amides is 8. The number of hydrogen-bond donors (Lipinski definition) is 12. The minimum absolute atomic E-state index is 0.0343. The number of aliphatic hydroxyl groups is 2. The average molecular weight is 802 g/mol. The molecule has 1 aliphatic heterocycles. The second kappa shape index (κ2) is 23.5. The lowest BCUT2D eigenvalue weighted by atomic mass is 9.96. The van der Waals surface area contributed by atoms with Crippen molar-refractivity contribution in [2.45, 2.75) is 109 Å². The SMILES string of the molecule is CC[C@H](C)[C@H](NC(=O)[C@H](CCC(N)=O)NC(=O)CN)C(=O)N[C@@H](CC(=O)O)C(=O)N1CCC[C@H]1C(=O)N[C@@H](CO)C(=O)N[C@H](C(=O)N[C@@H](CO)C(=O)O)C(C)C. The Balaban J connectivity index is 3.23. The number of nitrogens with zero attached hydrogens (tertiary/aromatic N) is 1. The highest BCUT2D eigenvalue weighted by Crippen LogP contribution is 2.20. The van der Waals surface area contributed by atoms with E-state index in [9.17, 15) is 63.3 Å². The lowest BCUT2D eigenvalue weighted by Gasteiger charge is -2.31. The van der Waals surface area contributed by atoms with Crippen LogP contribution in [0.15, 0.2) is 0 Å². The van der Waals surface area contributed by atoms with Gasteiger partial charge in [-0.15, -0.1) is 0 Å². The Kier molecular flexibility index (Phi) is 20.4. The van der Waals surface area contributed by atoms with E-state index < -0.39 is 140 Å². The quantitative estimate of drug-likeness (QED) is 0.0433. The second-order valence-electron chi connectivity index (χ2n) is 13.6. The van der Waals surface area contributed by atoms with Crippen LogP contribution in [0.4, 0.5) is 0 Å². The van der Waals surface area contributed by atoms with Gasteiger partial charge in [-0.3, -0.25) is 43.2 Å². The van der Waals surface area contributed by atoms with Crippen molar-refractivity contribution >= 4 is 59.2 Å². The summed E-state index contributed by atoms with van der Waals surface area (Å²) in [6, 6.07) is -10.5. The number of aliphatic hydroxyl groups excluding tert-OH is 2. The van der Waals surface area contributed by atoms with Gasteiger partial charge >= 0.3 is 11.9 Å². The Labute approximate surface area is 322 Å². The van der Waals surface area contributed by atoms with E-state index in [0.29, 0.717) is 6.42 Å². The van der Waals surface area contributed by atoms with Crippen LogP contribution in [-0.2, 0) is 47.9 Å². The predicted octanol–water partition coefficient (Wildman–Crippen LogP) is -5.64. The van der Waals surface area contributed by atoms with Crippen molar-refractivity contribution in [1.29, 1.82) is 0 Å². The summed E-state index contributed by atoms with van der Waals surface area (Å²) in [5.41, 5.74) is 10.5. The maximum absolute atomic E-state index is 13.8. The third-order valence-electron chi connectivity index (χ3n) is 9.00. The summed E-state index contributed by atoms with van der Waals surface area (Å²) in [5, 5.41) is 51.8. The van der Waals surface area contributed by atoms with E-state index in [1.54, 1.807) is 13.8 Å². The molecule has 14 N–H and O–H groups in total. The number of rotatable bonds is 24. The summed E-state index contributed by atoms with van der Waals surface area (Å²) in [6.45, 7) is 3.84. The number of primary amides is 1. The molecule has 0 aromatic rings. The zero-order valence-electron chi connectivity index (χ0n) is 31.7. The van der Waals surface area contributed by atoms with Gasteiger partial charge in [0.1, 0.15) is 42.3 Å². The summed E-state index contributed by atoms with van der Waals surface area (Å²) < 4.78 is 0. The molecule has 23 nitrogen and oxygen atoms in total. The fourth-order valence-electron chi connectivity index (χ4n) is 5.60.